The number of likely N-dealkylation sites (N-methyl/N-ethyl adjacent to an activating group) is 1. The third kappa shape index (κ3) is 1.27. The minimum atomic E-state index is -0.155. The second-order valence-corrected chi connectivity index (χ2v) is 3.80. The Kier molecular flexibility index (Phi) is 2.12. The van der Waals surface area contributed by atoms with Crippen LogP contribution in [0.1, 0.15) is 19.3 Å². The third-order valence-electron chi connectivity index (χ3n) is 3.23. The summed E-state index contributed by atoms with van der Waals surface area (Å²) >= 11 is 0. The number of esters is 1. The van der Waals surface area contributed by atoms with E-state index < -0.39 is 0 Å². The van der Waals surface area contributed by atoms with Gasteiger partial charge in [-0.1, -0.05) is 6.08 Å². The van der Waals surface area contributed by atoms with Crippen molar-refractivity contribution >= 4 is 5.97 Å². The van der Waals surface area contributed by atoms with E-state index in [0.717, 1.165) is 18.4 Å². The van der Waals surface area contributed by atoms with Crippen LogP contribution in [0.4, 0.5) is 0 Å². The van der Waals surface area contributed by atoms with Crippen LogP contribution in [0.15, 0.2) is 11.6 Å². The highest BCUT2D eigenvalue weighted by molar-refractivity contribution is 5.90. The fraction of sp³-hybridized carbons (Fsp3) is 0.700. The SMILES string of the molecule is COC(=O)C1=CC[C@H]2CC[C@@H]1N2C. The lowest BCUT2D eigenvalue weighted by Gasteiger charge is -2.30. The lowest BCUT2D eigenvalue weighted by Crippen LogP contribution is -2.38. The maximum absolute atomic E-state index is 11.4. The van der Waals surface area contributed by atoms with Gasteiger partial charge in [-0.15, -0.1) is 0 Å². The van der Waals surface area contributed by atoms with Crippen molar-refractivity contribution in [3.05, 3.63) is 11.6 Å². The van der Waals surface area contributed by atoms with Gasteiger partial charge in [-0.05, 0) is 26.3 Å². The Morgan fingerprint density at radius 2 is 2.38 bits per heavy atom. The number of hydrogen-bond acceptors (Lipinski definition) is 3. The molecule has 0 saturated carbocycles. The summed E-state index contributed by atoms with van der Waals surface area (Å²) in [6, 6.07) is 0.963. The van der Waals surface area contributed by atoms with Gasteiger partial charge < -0.3 is 4.74 Å². The van der Waals surface area contributed by atoms with Gasteiger partial charge in [0.05, 0.1) is 12.7 Å². The number of carbonyl (C=O) groups excluding carboxylic acids is 1. The third-order valence-corrected chi connectivity index (χ3v) is 3.23. The molecule has 2 bridgehead atoms. The summed E-state index contributed by atoms with van der Waals surface area (Å²) in [5.74, 6) is -0.155. The van der Waals surface area contributed by atoms with Gasteiger partial charge in [-0.25, -0.2) is 4.79 Å². The van der Waals surface area contributed by atoms with E-state index in [1.165, 1.54) is 13.5 Å². The number of nitrogens with zero attached hydrogens (tertiary/aromatic N) is 1. The summed E-state index contributed by atoms with van der Waals surface area (Å²) in [5.41, 5.74) is 0.860. The number of carbonyl (C=O) groups is 1. The first kappa shape index (κ1) is 8.75. The van der Waals surface area contributed by atoms with E-state index in [0.29, 0.717) is 12.1 Å². The predicted octanol–water partition coefficient (Wildman–Crippen LogP) is 0.952. The van der Waals surface area contributed by atoms with Crippen molar-refractivity contribution in [1.29, 1.82) is 0 Å². The zero-order valence-corrected chi connectivity index (χ0v) is 8.12. The average molecular weight is 181 g/mol. The van der Waals surface area contributed by atoms with E-state index in [1.807, 2.05) is 6.08 Å². The minimum Gasteiger partial charge on any atom is -0.466 e. The number of ether oxygens (including phenoxy) is 1. The van der Waals surface area contributed by atoms with Gasteiger partial charge in [0.15, 0.2) is 0 Å². The molecule has 0 aromatic heterocycles. The zero-order chi connectivity index (χ0) is 9.42. The molecule has 1 saturated heterocycles. The fourth-order valence-corrected chi connectivity index (χ4v) is 2.41. The van der Waals surface area contributed by atoms with Crippen molar-refractivity contribution < 1.29 is 9.53 Å². The molecule has 3 heteroatoms. The van der Waals surface area contributed by atoms with Crippen molar-refractivity contribution in [3.8, 4) is 0 Å². The van der Waals surface area contributed by atoms with Crippen LogP contribution in [-0.2, 0) is 9.53 Å². The Balaban J connectivity index is 2.21. The van der Waals surface area contributed by atoms with Gasteiger partial charge in [0, 0.05) is 12.1 Å². The molecular formula is C10H15NO2. The van der Waals surface area contributed by atoms with Crippen LogP contribution in [0.25, 0.3) is 0 Å². The van der Waals surface area contributed by atoms with Crippen LogP contribution in [0, 0.1) is 0 Å². The lowest BCUT2D eigenvalue weighted by molar-refractivity contribution is -0.136. The van der Waals surface area contributed by atoms with Gasteiger partial charge >= 0.3 is 5.97 Å². The summed E-state index contributed by atoms with van der Waals surface area (Å²) in [7, 11) is 3.54. The van der Waals surface area contributed by atoms with Crippen LogP contribution in [-0.4, -0.2) is 37.1 Å². The van der Waals surface area contributed by atoms with Crippen LogP contribution in [0.5, 0.6) is 0 Å². The normalized spacial score (nSPS) is 32.9. The molecule has 2 aliphatic heterocycles. The Hall–Kier alpha value is -0.830. The molecule has 0 aromatic carbocycles. The van der Waals surface area contributed by atoms with Crippen LogP contribution in [0.3, 0.4) is 0 Å². The molecule has 72 valence electrons. The molecule has 0 unspecified atom stereocenters. The van der Waals surface area contributed by atoms with E-state index in [-0.39, 0.29) is 5.97 Å². The second-order valence-electron chi connectivity index (χ2n) is 3.80. The Labute approximate surface area is 78.4 Å². The second kappa shape index (κ2) is 3.14. The fourth-order valence-electron chi connectivity index (χ4n) is 2.41. The number of methoxy groups -OCH3 is 1. The van der Waals surface area contributed by atoms with Crippen molar-refractivity contribution in [2.45, 2.75) is 31.3 Å². The molecule has 1 fully saturated rings. The smallest absolute Gasteiger partial charge is 0.335 e. The first-order valence-corrected chi connectivity index (χ1v) is 4.74. The molecule has 2 aliphatic rings. The molecule has 0 aromatic rings. The summed E-state index contributed by atoms with van der Waals surface area (Å²) in [6.07, 6.45) is 5.35. The first-order valence-electron chi connectivity index (χ1n) is 4.74. The number of rotatable bonds is 1. The van der Waals surface area contributed by atoms with Crippen LogP contribution >= 0.6 is 0 Å². The van der Waals surface area contributed by atoms with Crippen molar-refractivity contribution in [2.75, 3.05) is 14.2 Å². The van der Waals surface area contributed by atoms with E-state index in [1.54, 1.807) is 0 Å². The molecule has 0 radical (unpaired) electrons. The Morgan fingerprint density at radius 3 is 3.08 bits per heavy atom. The molecule has 0 N–H and O–H groups in total. The molecule has 13 heavy (non-hydrogen) atoms. The largest absolute Gasteiger partial charge is 0.466 e. The lowest BCUT2D eigenvalue weighted by atomic mass is 10.0. The molecule has 3 nitrogen and oxygen atoms in total. The molecule has 0 amide bonds. The van der Waals surface area contributed by atoms with Gasteiger partial charge in [0.25, 0.3) is 0 Å². The number of hydrogen-bond donors (Lipinski definition) is 0. The van der Waals surface area contributed by atoms with Crippen molar-refractivity contribution in [3.63, 3.8) is 0 Å². The highest BCUT2D eigenvalue weighted by Crippen LogP contribution is 2.34. The quantitative estimate of drug-likeness (QED) is 0.564. The van der Waals surface area contributed by atoms with E-state index in [9.17, 15) is 4.79 Å². The monoisotopic (exact) mass is 181 g/mol. The van der Waals surface area contributed by atoms with Crippen molar-refractivity contribution in [2.24, 2.45) is 0 Å². The van der Waals surface area contributed by atoms with Crippen LogP contribution in [0.2, 0.25) is 0 Å². The summed E-state index contributed by atoms with van der Waals surface area (Å²) in [4.78, 5) is 13.7. The van der Waals surface area contributed by atoms with Crippen molar-refractivity contribution in [1.82, 2.24) is 4.90 Å². The van der Waals surface area contributed by atoms with E-state index in [4.69, 9.17) is 4.74 Å². The summed E-state index contributed by atoms with van der Waals surface area (Å²) in [5, 5.41) is 0. The van der Waals surface area contributed by atoms with Gasteiger partial charge in [0.2, 0.25) is 0 Å². The van der Waals surface area contributed by atoms with E-state index in [2.05, 4.69) is 11.9 Å². The van der Waals surface area contributed by atoms with Gasteiger partial charge in [-0.2, -0.15) is 0 Å². The summed E-state index contributed by atoms with van der Waals surface area (Å²) < 4.78 is 4.75. The highest BCUT2D eigenvalue weighted by atomic mass is 16.5. The maximum atomic E-state index is 11.4. The molecule has 0 aliphatic carbocycles. The zero-order valence-electron chi connectivity index (χ0n) is 8.12. The Bertz CT molecular complexity index is 260. The average Bonchev–Trinajstić information content (AvgIpc) is 2.41. The highest BCUT2D eigenvalue weighted by Gasteiger charge is 2.38. The standard InChI is InChI=1S/C10H15NO2/c1-11-7-3-5-8(10(12)13-2)9(11)6-4-7/h5,7,9H,3-4,6H2,1-2H3/t7-,9-/m0/s1. The summed E-state index contributed by atoms with van der Waals surface area (Å²) in [6.45, 7) is 0. The molecule has 0 spiro atoms. The topological polar surface area (TPSA) is 29.5 Å². The van der Waals surface area contributed by atoms with E-state index >= 15 is 0 Å². The molecule has 2 rings (SSSR count). The van der Waals surface area contributed by atoms with Gasteiger partial charge in [-0.3, -0.25) is 4.90 Å². The molecule has 2 heterocycles. The van der Waals surface area contributed by atoms with Crippen LogP contribution < -0.4 is 0 Å². The first-order chi connectivity index (χ1) is 6.24. The molecule has 2 atom stereocenters. The number of fused-ring (bicyclic) bond motifs is 2. The molecular weight excluding hydrogens is 166 g/mol. The Morgan fingerprint density at radius 1 is 1.62 bits per heavy atom. The van der Waals surface area contributed by atoms with Gasteiger partial charge in [0.1, 0.15) is 0 Å². The minimum absolute atomic E-state index is 0.155. The predicted molar refractivity (Wildman–Crippen MR) is 49.3 cm³/mol. The maximum Gasteiger partial charge on any atom is 0.335 e.